The van der Waals surface area contributed by atoms with Gasteiger partial charge in [-0.15, -0.1) is 0 Å². The maximum absolute atomic E-state index is 10.1. The van der Waals surface area contributed by atoms with E-state index in [1.54, 1.807) is 18.2 Å². The van der Waals surface area contributed by atoms with E-state index >= 15 is 0 Å². The molecule has 0 heterocycles. The minimum atomic E-state index is -0.793. The molecule has 0 aromatic rings. The average Bonchev–Trinajstić information content (AvgIpc) is 1.97. The molecule has 0 fully saturated rings. The smallest absolute Gasteiger partial charge is 0.404 e. The standard InChI is InChI=1S/C8H11NO2/c1-3-4-5-7(2)6-11-8(9)10/h3-5H,1-2,6H2,(H2,9,10)/b5-4-. The summed E-state index contributed by atoms with van der Waals surface area (Å²) in [7, 11) is 0. The molecule has 60 valence electrons. The third kappa shape index (κ3) is 6.37. The van der Waals surface area contributed by atoms with Crippen LogP contribution in [0.4, 0.5) is 4.79 Å². The number of amides is 1. The minimum absolute atomic E-state index is 0.125. The quantitative estimate of drug-likeness (QED) is 0.620. The maximum atomic E-state index is 10.1. The second-order valence-electron chi connectivity index (χ2n) is 1.86. The topological polar surface area (TPSA) is 52.3 Å². The fourth-order valence-corrected chi connectivity index (χ4v) is 0.416. The molecule has 0 saturated carbocycles. The van der Waals surface area contributed by atoms with E-state index in [9.17, 15) is 4.79 Å². The summed E-state index contributed by atoms with van der Waals surface area (Å²) in [6.07, 6.45) is 4.20. The second-order valence-corrected chi connectivity index (χ2v) is 1.86. The van der Waals surface area contributed by atoms with E-state index in [4.69, 9.17) is 5.73 Å². The summed E-state index contributed by atoms with van der Waals surface area (Å²) in [6.45, 7) is 7.19. The van der Waals surface area contributed by atoms with Crippen LogP contribution in [-0.2, 0) is 4.74 Å². The molecule has 0 aliphatic carbocycles. The number of primary amides is 1. The van der Waals surface area contributed by atoms with Gasteiger partial charge in [-0.05, 0) is 5.57 Å². The van der Waals surface area contributed by atoms with Gasteiger partial charge in [0.25, 0.3) is 0 Å². The zero-order valence-electron chi connectivity index (χ0n) is 6.25. The van der Waals surface area contributed by atoms with Crippen molar-refractivity contribution in [3.8, 4) is 0 Å². The number of rotatable bonds is 4. The predicted molar refractivity (Wildman–Crippen MR) is 44.0 cm³/mol. The van der Waals surface area contributed by atoms with E-state index in [2.05, 4.69) is 17.9 Å². The molecule has 0 radical (unpaired) electrons. The zero-order valence-corrected chi connectivity index (χ0v) is 6.25. The lowest BCUT2D eigenvalue weighted by Crippen LogP contribution is -2.13. The summed E-state index contributed by atoms with van der Waals surface area (Å²) in [5.74, 6) is 0. The van der Waals surface area contributed by atoms with Crippen molar-refractivity contribution in [2.24, 2.45) is 5.73 Å². The third-order valence-corrected chi connectivity index (χ3v) is 0.868. The molecular weight excluding hydrogens is 142 g/mol. The van der Waals surface area contributed by atoms with Crippen molar-refractivity contribution in [1.29, 1.82) is 0 Å². The Hall–Kier alpha value is -1.51. The van der Waals surface area contributed by atoms with Crippen molar-refractivity contribution in [2.45, 2.75) is 0 Å². The Kier molecular flexibility index (Phi) is 4.56. The summed E-state index contributed by atoms with van der Waals surface area (Å²) in [5.41, 5.74) is 5.39. The van der Waals surface area contributed by atoms with E-state index < -0.39 is 6.09 Å². The fourth-order valence-electron chi connectivity index (χ4n) is 0.416. The number of nitrogens with two attached hydrogens (primary N) is 1. The predicted octanol–water partition coefficient (Wildman–Crippen LogP) is 1.38. The highest BCUT2D eigenvalue weighted by atomic mass is 16.5. The van der Waals surface area contributed by atoms with Gasteiger partial charge in [0.2, 0.25) is 0 Å². The van der Waals surface area contributed by atoms with E-state index in [1.165, 1.54) is 0 Å². The second kappa shape index (κ2) is 5.29. The molecule has 0 atom stereocenters. The summed E-state index contributed by atoms with van der Waals surface area (Å²) < 4.78 is 4.45. The van der Waals surface area contributed by atoms with E-state index in [0.717, 1.165) is 0 Å². The van der Waals surface area contributed by atoms with Crippen molar-refractivity contribution in [3.05, 3.63) is 37.0 Å². The van der Waals surface area contributed by atoms with Crippen LogP contribution < -0.4 is 5.73 Å². The first-order valence-corrected chi connectivity index (χ1v) is 3.06. The lowest BCUT2D eigenvalue weighted by molar-refractivity contribution is 0.167. The van der Waals surface area contributed by atoms with Gasteiger partial charge in [-0.2, -0.15) is 0 Å². The molecule has 0 aliphatic rings. The summed E-state index contributed by atoms with van der Waals surface area (Å²) in [5, 5.41) is 0. The molecule has 0 aromatic carbocycles. The van der Waals surface area contributed by atoms with Crippen molar-refractivity contribution in [2.75, 3.05) is 6.61 Å². The van der Waals surface area contributed by atoms with Gasteiger partial charge in [-0.3, -0.25) is 0 Å². The Bertz CT molecular complexity index is 194. The monoisotopic (exact) mass is 153 g/mol. The number of hydrogen-bond acceptors (Lipinski definition) is 2. The molecule has 1 amide bonds. The van der Waals surface area contributed by atoms with Crippen LogP contribution in [0.5, 0.6) is 0 Å². The molecule has 0 spiro atoms. The Morgan fingerprint density at radius 2 is 2.27 bits per heavy atom. The van der Waals surface area contributed by atoms with Gasteiger partial charge >= 0.3 is 6.09 Å². The average molecular weight is 153 g/mol. The molecule has 0 rings (SSSR count). The van der Waals surface area contributed by atoms with Crippen molar-refractivity contribution < 1.29 is 9.53 Å². The third-order valence-electron chi connectivity index (χ3n) is 0.868. The Balaban J connectivity index is 3.61. The Morgan fingerprint density at radius 1 is 1.64 bits per heavy atom. The zero-order chi connectivity index (χ0) is 8.69. The molecule has 0 aromatic heterocycles. The Labute approximate surface area is 65.8 Å². The van der Waals surface area contributed by atoms with Crippen LogP contribution in [0.3, 0.4) is 0 Å². The van der Waals surface area contributed by atoms with Crippen molar-refractivity contribution >= 4 is 6.09 Å². The largest absolute Gasteiger partial charge is 0.445 e. The summed E-state index contributed by atoms with van der Waals surface area (Å²) in [4.78, 5) is 10.1. The first-order valence-electron chi connectivity index (χ1n) is 3.06. The van der Waals surface area contributed by atoms with Crippen LogP contribution in [0.2, 0.25) is 0 Å². The number of carbonyl (C=O) groups excluding carboxylic acids is 1. The maximum Gasteiger partial charge on any atom is 0.404 e. The molecule has 0 aliphatic heterocycles. The van der Waals surface area contributed by atoms with Gasteiger partial charge in [-0.1, -0.05) is 31.4 Å². The lowest BCUT2D eigenvalue weighted by Gasteiger charge is -1.98. The summed E-state index contributed by atoms with van der Waals surface area (Å²) in [6, 6.07) is 0. The van der Waals surface area contributed by atoms with Gasteiger partial charge in [0.05, 0.1) is 0 Å². The first kappa shape index (κ1) is 9.49. The molecule has 0 bridgehead atoms. The Morgan fingerprint density at radius 3 is 2.73 bits per heavy atom. The highest BCUT2D eigenvalue weighted by molar-refractivity contribution is 5.64. The van der Waals surface area contributed by atoms with Crippen LogP contribution in [0.25, 0.3) is 0 Å². The van der Waals surface area contributed by atoms with Crippen LogP contribution in [0, 0.1) is 0 Å². The van der Waals surface area contributed by atoms with Crippen LogP contribution in [0.1, 0.15) is 0 Å². The van der Waals surface area contributed by atoms with Gasteiger partial charge in [0.1, 0.15) is 6.61 Å². The number of carbonyl (C=O) groups is 1. The van der Waals surface area contributed by atoms with Gasteiger partial charge in [0, 0.05) is 0 Å². The van der Waals surface area contributed by atoms with Crippen LogP contribution in [-0.4, -0.2) is 12.7 Å². The van der Waals surface area contributed by atoms with Crippen LogP contribution in [0.15, 0.2) is 37.0 Å². The molecule has 3 nitrogen and oxygen atoms in total. The van der Waals surface area contributed by atoms with E-state index in [1.807, 2.05) is 0 Å². The summed E-state index contributed by atoms with van der Waals surface area (Å²) >= 11 is 0. The van der Waals surface area contributed by atoms with Crippen molar-refractivity contribution in [3.63, 3.8) is 0 Å². The molecule has 0 saturated heterocycles. The first-order chi connectivity index (χ1) is 5.16. The van der Waals surface area contributed by atoms with Crippen LogP contribution >= 0.6 is 0 Å². The highest BCUT2D eigenvalue weighted by Gasteiger charge is 1.92. The highest BCUT2D eigenvalue weighted by Crippen LogP contribution is 1.93. The number of hydrogen-bond donors (Lipinski definition) is 1. The fraction of sp³-hybridized carbons (Fsp3) is 0.125. The van der Waals surface area contributed by atoms with Gasteiger partial charge in [-0.25, -0.2) is 4.79 Å². The normalized spacial score (nSPS) is 9.45. The molecule has 3 heteroatoms. The van der Waals surface area contributed by atoms with Crippen molar-refractivity contribution in [1.82, 2.24) is 0 Å². The SMILES string of the molecule is C=C/C=C\C(=C)COC(N)=O. The molecular formula is C8H11NO2. The lowest BCUT2D eigenvalue weighted by atomic mass is 10.3. The van der Waals surface area contributed by atoms with E-state index in [0.29, 0.717) is 5.57 Å². The number of allylic oxidation sites excluding steroid dienone is 2. The molecule has 11 heavy (non-hydrogen) atoms. The molecule has 2 N–H and O–H groups in total. The molecule has 0 unspecified atom stereocenters. The van der Waals surface area contributed by atoms with Gasteiger partial charge in [0.15, 0.2) is 0 Å². The minimum Gasteiger partial charge on any atom is -0.445 e. The van der Waals surface area contributed by atoms with E-state index in [-0.39, 0.29) is 6.61 Å². The number of ether oxygens (including phenoxy) is 1. The van der Waals surface area contributed by atoms with Gasteiger partial charge < -0.3 is 10.5 Å².